The van der Waals surface area contributed by atoms with Gasteiger partial charge in [0.2, 0.25) is 0 Å². The first-order chi connectivity index (χ1) is 10.0. The van der Waals surface area contributed by atoms with E-state index in [2.05, 4.69) is 4.90 Å². The maximum absolute atomic E-state index is 13.7. The Morgan fingerprint density at radius 2 is 1.95 bits per heavy atom. The van der Waals surface area contributed by atoms with Crippen molar-refractivity contribution < 1.29 is 4.39 Å². The van der Waals surface area contributed by atoms with Crippen LogP contribution in [0, 0.1) is 12.7 Å². The maximum Gasteiger partial charge on any atom is 0.126 e. The zero-order valence-electron chi connectivity index (χ0n) is 12.3. The minimum Gasteiger partial charge on any atom is -0.329 e. The number of halogens is 2. The summed E-state index contributed by atoms with van der Waals surface area (Å²) >= 11 is 6.19. The molecule has 1 atom stereocenters. The van der Waals surface area contributed by atoms with Crippen molar-refractivity contribution in [3.8, 4) is 0 Å². The lowest BCUT2D eigenvalue weighted by molar-refractivity contribution is 0.241. The predicted molar refractivity (Wildman–Crippen MR) is 85.9 cm³/mol. The molecule has 0 radical (unpaired) electrons. The summed E-state index contributed by atoms with van der Waals surface area (Å²) in [7, 11) is 1.97. The third-order valence-electron chi connectivity index (χ3n) is 3.71. The summed E-state index contributed by atoms with van der Waals surface area (Å²) in [6.07, 6.45) is 0. The summed E-state index contributed by atoms with van der Waals surface area (Å²) in [5.41, 5.74) is 8.45. The maximum atomic E-state index is 13.7. The topological polar surface area (TPSA) is 29.3 Å². The first-order valence-corrected chi connectivity index (χ1v) is 7.30. The molecule has 2 N–H and O–H groups in total. The van der Waals surface area contributed by atoms with E-state index in [1.54, 1.807) is 19.1 Å². The molecule has 2 nitrogen and oxygen atoms in total. The first kappa shape index (κ1) is 16.0. The molecule has 0 aliphatic carbocycles. The zero-order chi connectivity index (χ0) is 15.4. The van der Waals surface area contributed by atoms with Crippen molar-refractivity contribution >= 4 is 11.6 Å². The number of likely N-dealkylation sites (N-methyl/N-ethyl adjacent to an activating group) is 1. The van der Waals surface area contributed by atoms with Crippen LogP contribution in [0.4, 0.5) is 4.39 Å². The van der Waals surface area contributed by atoms with E-state index in [1.807, 2.05) is 37.4 Å². The van der Waals surface area contributed by atoms with Gasteiger partial charge in [0.05, 0.1) is 0 Å². The van der Waals surface area contributed by atoms with Crippen molar-refractivity contribution in [3.05, 3.63) is 70.0 Å². The smallest absolute Gasteiger partial charge is 0.126 e. The molecule has 0 aliphatic rings. The Hall–Kier alpha value is -1.42. The Morgan fingerprint density at radius 3 is 2.57 bits per heavy atom. The summed E-state index contributed by atoms with van der Waals surface area (Å²) in [5.74, 6) is -0.197. The van der Waals surface area contributed by atoms with Gasteiger partial charge in [0.25, 0.3) is 0 Å². The molecule has 0 heterocycles. The minimum absolute atomic E-state index is 0.0450. The molecule has 0 saturated carbocycles. The molecule has 0 spiro atoms. The summed E-state index contributed by atoms with van der Waals surface area (Å²) in [4.78, 5) is 2.09. The zero-order valence-corrected chi connectivity index (χ0v) is 13.1. The van der Waals surface area contributed by atoms with Crippen LogP contribution in [-0.2, 0) is 6.54 Å². The fourth-order valence-electron chi connectivity index (χ4n) is 2.39. The quantitative estimate of drug-likeness (QED) is 0.907. The monoisotopic (exact) mass is 306 g/mol. The van der Waals surface area contributed by atoms with Gasteiger partial charge in [-0.3, -0.25) is 4.90 Å². The van der Waals surface area contributed by atoms with Gasteiger partial charge >= 0.3 is 0 Å². The van der Waals surface area contributed by atoms with E-state index in [-0.39, 0.29) is 11.9 Å². The summed E-state index contributed by atoms with van der Waals surface area (Å²) in [5, 5.41) is 0.732. The van der Waals surface area contributed by atoms with E-state index in [1.165, 1.54) is 0 Å². The molecule has 1 unspecified atom stereocenters. The van der Waals surface area contributed by atoms with Gasteiger partial charge in [-0.1, -0.05) is 41.9 Å². The lowest BCUT2D eigenvalue weighted by atomic mass is 10.0. The largest absolute Gasteiger partial charge is 0.329 e. The van der Waals surface area contributed by atoms with Crippen molar-refractivity contribution in [1.29, 1.82) is 0 Å². The van der Waals surface area contributed by atoms with Crippen LogP contribution in [0.15, 0.2) is 42.5 Å². The van der Waals surface area contributed by atoms with Gasteiger partial charge in [-0.25, -0.2) is 4.39 Å². The molecule has 0 amide bonds. The first-order valence-electron chi connectivity index (χ1n) is 6.92. The average molecular weight is 307 g/mol. The molecule has 2 aromatic rings. The Morgan fingerprint density at radius 1 is 1.24 bits per heavy atom. The number of hydrogen-bond donors (Lipinski definition) is 1. The average Bonchev–Trinajstić information content (AvgIpc) is 2.46. The van der Waals surface area contributed by atoms with Gasteiger partial charge < -0.3 is 5.73 Å². The van der Waals surface area contributed by atoms with Gasteiger partial charge in [0.15, 0.2) is 0 Å². The molecular weight excluding hydrogens is 287 g/mol. The Labute approximate surface area is 130 Å². The number of rotatable bonds is 5. The van der Waals surface area contributed by atoms with E-state index in [9.17, 15) is 4.39 Å². The molecule has 0 saturated heterocycles. The normalized spacial score (nSPS) is 12.7. The SMILES string of the molecule is Cc1ccc(C(CN)N(C)Cc2ccccc2Cl)cc1F. The Bertz CT molecular complexity index is 615. The molecule has 2 rings (SSSR count). The van der Waals surface area contributed by atoms with Crippen LogP contribution in [0.25, 0.3) is 0 Å². The standard InChI is InChI=1S/C17H20ClFN2/c1-12-7-8-13(9-16(12)19)17(10-20)21(2)11-14-5-3-4-6-15(14)18/h3-9,17H,10-11,20H2,1-2H3. The highest BCUT2D eigenvalue weighted by Gasteiger charge is 2.17. The lowest BCUT2D eigenvalue weighted by Crippen LogP contribution is -2.30. The molecule has 112 valence electrons. The van der Waals surface area contributed by atoms with Crippen LogP contribution >= 0.6 is 11.6 Å². The second kappa shape index (κ2) is 7.03. The highest BCUT2D eigenvalue weighted by Crippen LogP contribution is 2.24. The van der Waals surface area contributed by atoms with Crippen LogP contribution in [0.3, 0.4) is 0 Å². The molecule has 0 bridgehead atoms. The molecular formula is C17H20ClFN2. The van der Waals surface area contributed by atoms with Crippen molar-refractivity contribution in [2.75, 3.05) is 13.6 Å². The molecule has 2 aromatic carbocycles. The second-order valence-corrected chi connectivity index (χ2v) is 5.67. The second-order valence-electron chi connectivity index (χ2n) is 5.27. The van der Waals surface area contributed by atoms with Crippen molar-refractivity contribution in [2.24, 2.45) is 5.73 Å². The van der Waals surface area contributed by atoms with E-state index in [0.717, 1.165) is 16.1 Å². The van der Waals surface area contributed by atoms with E-state index in [0.29, 0.717) is 18.7 Å². The third kappa shape index (κ3) is 3.82. The van der Waals surface area contributed by atoms with Gasteiger partial charge in [0, 0.05) is 24.2 Å². The molecule has 21 heavy (non-hydrogen) atoms. The fraction of sp³-hybridized carbons (Fsp3) is 0.294. The minimum atomic E-state index is -0.197. The lowest BCUT2D eigenvalue weighted by Gasteiger charge is -2.28. The number of benzene rings is 2. The number of nitrogens with two attached hydrogens (primary N) is 1. The Kier molecular flexibility index (Phi) is 5.34. The van der Waals surface area contributed by atoms with E-state index in [4.69, 9.17) is 17.3 Å². The fourth-order valence-corrected chi connectivity index (χ4v) is 2.59. The van der Waals surface area contributed by atoms with Gasteiger partial charge in [-0.15, -0.1) is 0 Å². The van der Waals surface area contributed by atoms with Crippen molar-refractivity contribution in [2.45, 2.75) is 19.5 Å². The third-order valence-corrected chi connectivity index (χ3v) is 4.08. The molecule has 0 aliphatic heterocycles. The van der Waals surface area contributed by atoms with Crippen molar-refractivity contribution in [1.82, 2.24) is 4.90 Å². The van der Waals surface area contributed by atoms with E-state index < -0.39 is 0 Å². The summed E-state index contributed by atoms with van der Waals surface area (Å²) in [6.45, 7) is 2.84. The van der Waals surface area contributed by atoms with Gasteiger partial charge in [-0.05, 0) is 42.8 Å². The highest BCUT2D eigenvalue weighted by atomic mass is 35.5. The predicted octanol–water partition coefficient (Wildman–Crippen LogP) is 3.92. The number of aryl methyl sites for hydroxylation is 1. The van der Waals surface area contributed by atoms with Gasteiger partial charge in [0.1, 0.15) is 5.82 Å². The summed E-state index contributed by atoms with van der Waals surface area (Å²) < 4.78 is 13.7. The highest BCUT2D eigenvalue weighted by molar-refractivity contribution is 6.31. The molecule has 0 fully saturated rings. The van der Waals surface area contributed by atoms with Crippen LogP contribution in [0.1, 0.15) is 22.7 Å². The van der Waals surface area contributed by atoms with Crippen molar-refractivity contribution in [3.63, 3.8) is 0 Å². The van der Waals surface area contributed by atoms with Crippen LogP contribution in [0.2, 0.25) is 5.02 Å². The van der Waals surface area contributed by atoms with E-state index >= 15 is 0 Å². The summed E-state index contributed by atoms with van der Waals surface area (Å²) in [6, 6.07) is 13.0. The van der Waals surface area contributed by atoms with Crippen LogP contribution in [-0.4, -0.2) is 18.5 Å². The van der Waals surface area contributed by atoms with Crippen LogP contribution in [0.5, 0.6) is 0 Å². The Balaban J connectivity index is 2.20. The number of hydrogen-bond acceptors (Lipinski definition) is 2. The van der Waals surface area contributed by atoms with Crippen LogP contribution < -0.4 is 5.73 Å². The molecule has 4 heteroatoms. The molecule has 0 aromatic heterocycles. The number of nitrogens with zero attached hydrogens (tertiary/aromatic N) is 1. The van der Waals surface area contributed by atoms with Gasteiger partial charge in [-0.2, -0.15) is 0 Å².